The molecular weight excluding hydrogens is 280 g/mol. The van der Waals surface area contributed by atoms with Gasteiger partial charge in [0.05, 0.1) is 32.0 Å². The Balaban J connectivity index is 2.02. The van der Waals surface area contributed by atoms with Gasteiger partial charge in [-0.05, 0) is 45.3 Å². The number of thiazole rings is 1. The Morgan fingerprint density at radius 1 is 1.16 bits per heavy atom. The van der Waals surface area contributed by atoms with Crippen molar-refractivity contribution in [3.05, 3.63) is 22.7 Å². The van der Waals surface area contributed by atoms with Crippen LogP contribution in [-0.2, 0) is 9.31 Å². The molecule has 1 aliphatic rings. The van der Waals surface area contributed by atoms with Crippen LogP contribution in [-0.4, -0.2) is 23.3 Å². The molecular formula is C13H15BClNO2S. The average Bonchev–Trinajstić information content (AvgIpc) is 2.82. The number of hydrogen-bond acceptors (Lipinski definition) is 4. The zero-order valence-electron chi connectivity index (χ0n) is 11.4. The van der Waals surface area contributed by atoms with Crippen molar-refractivity contribution in [3.8, 4) is 0 Å². The van der Waals surface area contributed by atoms with Gasteiger partial charge in [-0.25, -0.2) is 4.98 Å². The third-order valence-corrected chi connectivity index (χ3v) is 5.00. The molecule has 3 rings (SSSR count). The molecule has 19 heavy (non-hydrogen) atoms. The van der Waals surface area contributed by atoms with Gasteiger partial charge in [0.2, 0.25) is 0 Å². The van der Waals surface area contributed by atoms with Gasteiger partial charge in [0.1, 0.15) is 0 Å². The van der Waals surface area contributed by atoms with Gasteiger partial charge in [0.25, 0.3) is 0 Å². The molecule has 1 fully saturated rings. The molecule has 0 radical (unpaired) electrons. The summed E-state index contributed by atoms with van der Waals surface area (Å²) in [7, 11) is -0.381. The Morgan fingerprint density at radius 2 is 1.79 bits per heavy atom. The fraction of sp³-hybridized carbons (Fsp3) is 0.462. The van der Waals surface area contributed by atoms with Crippen LogP contribution in [0.4, 0.5) is 0 Å². The second-order valence-electron chi connectivity index (χ2n) is 5.79. The highest BCUT2D eigenvalue weighted by molar-refractivity contribution is 7.16. The van der Waals surface area contributed by atoms with Gasteiger partial charge in [0.15, 0.2) is 0 Å². The summed E-state index contributed by atoms with van der Waals surface area (Å²) in [5.41, 5.74) is 2.90. The summed E-state index contributed by atoms with van der Waals surface area (Å²) in [5, 5.41) is 0.642. The van der Waals surface area contributed by atoms with Gasteiger partial charge in [-0.1, -0.05) is 11.6 Å². The van der Waals surface area contributed by atoms with Crippen molar-refractivity contribution in [1.82, 2.24) is 4.98 Å². The highest BCUT2D eigenvalue weighted by atomic mass is 35.5. The molecule has 0 unspecified atom stereocenters. The average molecular weight is 296 g/mol. The van der Waals surface area contributed by atoms with Crippen LogP contribution in [0.1, 0.15) is 27.7 Å². The Labute approximate surface area is 122 Å². The summed E-state index contributed by atoms with van der Waals surface area (Å²) in [4.78, 5) is 4.25. The van der Waals surface area contributed by atoms with Crippen molar-refractivity contribution in [2.75, 3.05) is 0 Å². The van der Waals surface area contributed by atoms with Crippen molar-refractivity contribution in [2.45, 2.75) is 38.9 Å². The van der Waals surface area contributed by atoms with Gasteiger partial charge in [-0.15, -0.1) is 11.3 Å². The lowest BCUT2D eigenvalue weighted by Gasteiger charge is -2.32. The minimum absolute atomic E-state index is 0.340. The van der Waals surface area contributed by atoms with Crippen LogP contribution in [0.3, 0.4) is 0 Å². The van der Waals surface area contributed by atoms with E-state index in [2.05, 4.69) is 4.98 Å². The van der Waals surface area contributed by atoms with Crippen molar-refractivity contribution >= 4 is 45.7 Å². The van der Waals surface area contributed by atoms with Crippen LogP contribution in [0.25, 0.3) is 10.2 Å². The highest BCUT2D eigenvalue weighted by Gasteiger charge is 2.51. The molecule has 0 aliphatic carbocycles. The van der Waals surface area contributed by atoms with E-state index in [4.69, 9.17) is 20.9 Å². The second-order valence-corrected chi connectivity index (χ2v) is 7.08. The number of aromatic nitrogens is 1. The Bertz CT molecular complexity index is 625. The molecule has 100 valence electrons. The molecule has 1 aromatic carbocycles. The van der Waals surface area contributed by atoms with E-state index in [9.17, 15) is 0 Å². The number of hydrogen-bond donors (Lipinski definition) is 0. The molecule has 6 heteroatoms. The molecule has 0 bridgehead atoms. The van der Waals surface area contributed by atoms with Gasteiger partial charge in [-0.2, -0.15) is 0 Å². The second kappa shape index (κ2) is 4.19. The molecule has 0 amide bonds. The van der Waals surface area contributed by atoms with Crippen LogP contribution in [0.2, 0.25) is 5.02 Å². The quantitative estimate of drug-likeness (QED) is 0.757. The van der Waals surface area contributed by atoms with E-state index in [1.54, 1.807) is 16.8 Å². The fourth-order valence-corrected chi connectivity index (χ4v) is 3.14. The molecule has 2 aromatic rings. The first-order chi connectivity index (χ1) is 8.80. The smallest absolute Gasteiger partial charge is 0.399 e. The van der Waals surface area contributed by atoms with Gasteiger partial charge < -0.3 is 9.31 Å². The number of rotatable bonds is 1. The lowest BCUT2D eigenvalue weighted by molar-refractivity contribution is 0.00578. The molecule has 0 atom stereocenters. The lowest BCUT2D eigenvalue weighted by Crippen LogP contribution is -2.41. The highest BCUT2D eigenvalue weighted by Crippen LogP contribution is 2.37. The van der Waals surface area contributed by atoms with Crippen LogP contribution in [0, 0.1) is 0 Å². The van der Waals surface area contributed by atoms with Gasteiger partial charge >= 0.3 is 7.12 Å². The zero-order valence-corrected chi connectivity index (χ0v) is 12.9. The number of nitrogens with zero attached hydrogens (tertiary/aromatic N) is 1. The fourth-order valence-electron chi connectivity index (χ4n) is 2.06. The minimum Gasteiger partial charge on any atom is -0.399 e. The number of fused-ring (bicyclic) bond motifs is 1. The first-order valence-corrected chi connectivity index (χ1v) is 7.44. The first-order valence-electron chi connectivity index (χ1n) is 6.18. The van der Waals surface area contributed by atoms with Crippen LogP contribution >= 0.6 is 22.9 Å². The SMILES string of the molecule is CC1(C)OB(c2cc(Cl)c3ncsc3c2)OC1(C)C. The normalized spacial score (nSPS) is 21.2. The largest absolute Gasteiger partial charge is 0.494 e. The van der Waals surface area contributed by atoms with Crippen LogP contribution < -0.4 is 5.46 Å². The maximum Gasteiger partial charge on any atom is 0.494 e. The van der Waals surface area contributed by atoms with E-state index >= 15 is 0 Å². The predicted molar refractivity (Wildman–Crippen MR) is 80.3 cm³/mol. The third-order valence-electron chi connectivity index (χ3n) is 3.94. The molecule has 0 spiro atoms. The summed E-state index contributed by atoms with van der Waals surface area (Å²) in [6.45, 7) is 8.17. The molecule has 0 N–H and O–H groups in total. The topological polar surface area (TPSA) is 31.4 Å². The van der Waals surface area contributed by atoms with E-state index in [0.717, 1.165) is 15.7 Å². The molecule has 1 aromatic heterocycles. The van der Waals surface area contributed by atoms with Crippen molar-refractivity contribution in [1.29, 1.82) is 0 Å². The summed E-state index contributed by atoms with van der Waals surface area (Å²) in [6, 6.07) is 3.92. The molecule has 2 heterocycles. The van der Waals surface area contributed by atoms with E-state index in [1.165, 1.54) is 0 Å². The summed E-state index contributed by atoms with van der Waals surface area (Å²) in [5.74, 6) is 0. The summed E-state index contributed by atoms with van der Waals surface area (Å²) < 4.78 is 13.1. The van der Waals surface area contributed by atoms with Crippen LogP contribution in [0.5, 0.6) is 0 Å². The number of halogens is 1. The maximum atomic E-state index is 6.26. The Hall–Kier alpha value is -0.615. The van der Waals surface area contributed by atoms with E-state index < -0.39 is 0 Å². The monoisotopic (exact) mass is 295 g/mol. The zero-order chi connectivity index (χ0) is 13.8. The van der Waals surface area contributed by atoms with Crippen molar-refractivity contribution in [2.24, 2.45) is 0 Å². The Kier molecular flexibility index (Phi) is 2.95. The van der Waals surface area contributed by atoms with Gasteiger partial charge in [-0.3, -0.25) is 0 Å². The minimum atomic E-state index is -0.381. The van der Waals surface area contributed by atoms with E-state index in [-0.39, 0.29) is 18.3 Å². The maximum absolute atomic E-state index is 6.26. The Morgan fingerprint density at radius 3 is 2.42 bits per heavy atom. The predicted octanol–water partition coefficient (Wildman–Crippen LogP) is 3.25. The van der Waals surface area contributed by atoms with Gasteiger partial charge in [0, 0.05) is 0 Å². The standard InChI is InChI=1S/C13H15BClNO2S/c1-12(2)13(3,4)18-14(17-12)8-5-9(15)11-10(6-8)19-7-16-11/h5-7H,1-4H3. The molecule has 1 saturated heterocycles. The van der Waals surface area contributed by atoms with Crippen molar-refractivity contribution in [3.63, 3.8) is 0 Å². The lowest BCUT2D eigenvalue weighted by atomic mass is 9.79. The van der Waals surface area contributed by atoms with E-state index in [0.29, 0.717) is 5.02 Å². The first kappa shape index (κ1) is 13.4. The third kappa shape index (κ3) is 2.09. The molecule has 0 saturated carbocycles. The van der Waals surface area contributed by atoms with Crippen LogP contribution in [0.15, 0.2) is 17.6 Å². The summed E-state index contributed by atoms with van der Waals surface area (Å²) in [6.07, 6.45) is 0. The number of benzene rings is 1. The van der Waals surface area contributed by atoms with E-state index in [1.807, 2.05) is 39.8 Å². The molecule has 3 nitrogen and oxygen atoms in total. The molecule has 1 aliphatic heterocycles. The van der Waals surface area contributed by atoms with Crippen molar-refractivity contribution < 1.29 is 9.31 Å². The summed E-state index contributed by atoms with van der Waals surface area (Å²) >= 11 is 7.82.